The van der Waals surface area contributed by atoms with Crippen molar-refractivity contribution in [1.82, 2.24) is 0 Å². The van der Waals surface area contributed by atoms with Gasteiger partial charge in [0.05, 0.1) is 13.5 Å². The van der Waals surface area contributed by atoms with Crippen molar-refractivity contribution in [1.29, 1.82) is 0 Å². The van der Waals surface area contributed by atoms with Gasteiger partial charge in [-0.3, -0.25) is 4.79 Å². The molecule has 0 amide bonds. The van der Waals surface area contributed by atoms with E-state index in [1.54, 1.807) is 12.1 Å². The highest BCUT2D eigenvalue weighted by atomic mass is 16.5. The molecule has 0 aliphatic heterocycles. The van der Waals surface area contributed by atoms with Gasteiger partial charge in [0.1, 0.15) is 5.75 Å². The molecule has 1 aromatic carbocycles. The molecule has 0 spiro atoms. The van der Waals surface area contributed by atoms with E-state index in [9.17, 15) is 9.90 Å². The fourth-order valence-electron chi connectivity index (χ4n) is 1.81. The van der Waals surface area contributed by atoms with Crippen LogP contribution in [0, 0.1) is 0 Å². The monoisotopic (exact) mass is 236 g/mol. The summed E-state index contributed by atoms with van der Waals surface area (Å²) in [5.74, 6) is -0.0620. The van der Waals surface area contributed by atoms with E-state index >= 15 is 0 Å². The largest absolute Gasteiger partial charge is 0.508 e. The van der Waals surface area contributed by atoms with Gasteiger partial charge in [0.2, 0.25) is 0 Å². The number of carbonyl (C=O) groups is 1. The predicted molar refractivity (Wildman–Crippen MR) is 67.1 cm³/mol. The Hall–Kier alpha value is -1.51. The van der Waals surface area contributed by atoms with Gasteiger partial charge in [0, 0.05) is 0 Å². The number of methoxy groups -OCH3 is 1. The summed E-state index contributed by atoms with van der Waals surface area (Å²) < 4.78 is 4.61. The number of aromatic hydroxyl groups is 1. The van der Waals surface area contributed by atoms with Crippen LogP contribution in [0.15, 0.2) is 18.2 Å². The Bertz CT molecular complexity index is 372. The van der Waals surface area contributed by atoms with E-state index in [-0.39, 0.29) is 18.1 Å². The van der Waals surface area contributed by atoms with Crippen molar-refractivity contribution < 1.29 is 14.6 Å². The Morgan fingerprint density at radius 2 is 1.94 bits per heavy atom. The molecule has 0 aliphatic carbocycles. The molecule has 0 saturated heterocycles. The van der Waals surface area contributed by atoms with E-state index < -0.39 is 0 Å². The van der Waals surface area contributed by atoms with Gasteiger partial charge in [-0.15, -0.1) is 0 Å². The quantitative estimate of drug-likeness (QED) is 0.610. The van der Waals surface area contributed by atoms with Gasteiger partial charge >= 0.3 is 5.97 Å². The third kappa shape index (κ3) is 4.89. The third-order valence-corrected chi connectivity index (χ3v) is 2.68. The van der Waals surface area contributed by atoms with Gasteiger partial charge in [-0.25, -0.2) is 0 Å². The topological polar surface area (TPSA) is 46.5 Å². The van der Waals surface area contributed by atoms with Crippen molar-refractivity contribution >= 4 is 5.97 Å². The van der Waals surface area contributed by atoms with Crippen LogP contribution in [-0.4, -0.2) is 18.2 Å². The number of hydrogen-bond donors (Lipinski definition) is 1. The first-order valence-electron chi connectivity index (χ1n) is 6.04. The SMILES string of the molecule is CCCCCc1cc(O)cc(CC(=O)OC)c1. The molecule has 1 aromatic rings. The molecule has 1 rings (SSSR count). The maximum atomic E-state index is 11.2. The molecule has 0 saturated carbocycles. The van der Waals surface area contributed by atoms with Crippen LogP contribution >= 0.6 is 0 Å². The number of unbranched alkanes of at least 4 members (excludes halogenated alkanes) is 2. The highest BCUT2D eigenvalue weighted by molar-refractivity contribution is 5.72. The van der Waals surface area contributed by atoms with Crippen LogP contribution < -0.4 is 0 Å². The van der Waals surface area contributed by atoms with E-state index in [1.807, 2.05) is 6.07 Å². The Labute approximate surface area is 102 Å². The van der Waals surface area contributed by atoms with Crippen molar-refractivity contribution in [2.24, 2.45) is 0 Å². The molecule has 3 nitrogen and oxygen atoms in total. The average molecular weight is 236 g/mol. The van der Waals surface area contributed by atoms with Crippen LogP contribution in [0.5, 0.6) is 5.75 Å². The highest BCUT2D eigenvalue weighted by Crippen LogP contribution is 2.18. The maximum absolute atomic E-state index is 11.2. The first-order valence-corrected chi connectivity index (χ1v) is 6.04. The van der Waals surface area contributed by atoms with Crippen molar-refractivity contribution in [3.05, 3.63) is 29.3 Å². The number of ether oxygens (including phenoxy) is 1. The highest BCUT2D eigenvalue weighted by Gasteiger charge is 2.06. The fraction of sp³-hybridized carbons (Fsp3) is 0.500. The number of phenols is 1. The normalized spacial score (nSPS) is 10.2. The second kappa shape index (κ2) is 6.94. The molecule has 0 bridgehead atoms. The van der Waals surface area contributed by atoms with Gasteiger partial charge in [-0.2, -0.15) is 0 Å². The molecule has 0 radical (unpaired) electrons. The summed E-state index contributed by atoms with van der Waals surface area (Å²) in [7, 11) is 1.37. The number of esters is 1. The van der Waals surface area contributed by atoms with Crippen molar-refractivity contribution in [3.63, 3.8) is 0 Å². The average Bonchev–Trinajstić information content (AvgIpc) is 2.28. The summed E-state index contributed by atoms with van der Waals surface area (Å²) in [6.45, 7) is 2.16. The molecule has 0 atom stereocenters. The van der Waals surface area contributed by atoms with Crippen LogP contribution in [0.3, 0.4) is 0 Å². The molecular formula is C14H20O3. The standard InChI is InChI=1S/C14H20O3/c1-3-4-5-6-11-7-12(9-13(15)8-11)10-14(16)17-2/h7-9,15H,3-6,10H2,1-2H3. The van der Waals surface area contributed by atoms with Gasteiger partial charge in [-0.1, -0.05) is 25.8 Å². The number of phenolic OH excluding ortho intramolecular Hbond substituents is 1. The zero-order valence-electron chi connectivity index (χ0n) is 10.5. The van der Waals surface area contributed by atoms with Crippen LogP contribution in [-0.2, 0) is 22.4 Å². The molecule has 94 valence electrons. The van der Waals surface area contributed by atoms with E-state index in [4.69, 9.17) is 0 Å². The number of hydrogen-bond acceptors (Lipinski definition) is 3. The summed E-state index contributed by atoms with van der Waals surface area (Å²) in [5.41, 5.74) is 1.89. The number of aryl methyl sites for hydroxylation is 1. The fourth-order valence-corrected chi connectivity index (χ4v) is 1.81. The van der Waals surface area contributed by atoms with Crippen LogP contribution in [0.1, 0.15) is 37.3 Å². The zero-order valence-corrected chi connectivity index (χ0v) is 10.5. The first kappa shape index (κ1) is 13.6. The summed E-state index contributed by atoms with van der Waals surface area (Å²) in [4.78, 5) is 11.2. The van der Waals surface area contributed by atoms with E-state index in [0.717, 1.165) is 24.0 Å². The minimum absolute atomic E-state index is 0.214. The van der Waals surface area contributed by atoms with Gasteiger partial charge in [-0.05, 0) is 36.1 Å². The van der Waals surface area contributed by atoms with Crippen molar-refractivity contribution in [3.8, 4) is 5.75 Å². The zero-order chi connectivity index (χ0) is 12.7. The minimum Gasteiger partial charge on any atom is -0.508 e. The summed E-state index contributed by atoms with van der Waals surface area (Å²) in [6.07, 6.45) is 4.62. The van der Waals surface area contributed by atoms with Crippen LogP contribution in [0.2, 0.25) is 0 Å². The molecule has 3 heteroatoms. The van der Waals surface area contributed by atoms with Gasteiger partial charge < -0.3 is 9.84 Å². The Balaban J connectivity index is 2.68. The Morgan fingerprint density at radius 1 is 1.24 bits per heavy atom. The maximum Gasteiger partial charge on any atom is 0.309 e. The molecule has 17 heavy (non-hydrogen) atoms. The molecule has 0 aromatic heterocycles. The lowest BCUT2D eigenvalue weighted by Gasteiger charge is -2.06. The lowest BCUT2D eigenvalue weighted by atomic mass is 10.0. The molecule has 0 heterocycles. The number of rotatable bonds is 6. The number of benzene rings is 1. The van der Waals surface area contributed by atoms with E-state index in [1.165, 1.54) is 20.0 Å². The van der Waals surface area contributed by atoms with Crippen LogP contribution in [0.4, 0.5) is 0 Å². The van der Waals surface area contributed by atoms with Crippen molar-refractivity contribution in [2.75, 3.05) is 7.11 Å². The number of carbonyl (C=O) groups excluding carboxylic acids is 1. The Kier molecular flexibility index (Phi) is 5.53. The second-order valence-corrected chi connectivity index (χ2v) is 4.22. The minimum atomic E-state index is -0.282. The molecule has 1 N–H and O–H groups in total. The smallest absolute Gasteiger partial charge is 0.309 e. The molecule has 0 fully saturated rings. The second-order valence-electron chi connectivity index (χ2n) is 4.22. The van der Waals surface area contributed by atoms with E-state index in [0.29, 0.717) is 0 Å². The molecule has 0 aliphatic rings. The Morgan fingerprint density at radius 3 is 2.59 bits per heavy atom. The van der Waals surface area contributed by atoms with Gasteiger partial charge in [0.25, 0.3) is 0 Å². The van der Waals surface area contributed by atoms with Crippen molar-refractivity contribution in [2.45, 2.75) is 39.0 Å². The van der Waals surface area contributed by atoms with Gasteiger partial charge in [0.15, 0.2) is 0 Å². The predicted octanol–water partition coefficient (Wildman–Crippen LogP) is 2.84. The molecule has 0 unspecified atom stereocenters. The summed E-state index contributed by atoms with van der Waals surface area (Å²) >= 11 is 0. The third-order valence-electron chi connectivity index (χ3n) is 2.68. The molecular weight excluding hydrogens is 216 g/mol. The summed E-state index contributed by atoms with van der Waals surface area (Å²) in [6, 6.07) is 5.34. The lowest BCUT2D eigenvalue weighted by molar-refractivity contribution is -0.139. The van der Waals surface area contributed by atoms with E-state index in [2.05, 4.69) is 11.7 Å². The lowest BCUT2D eigenvalue weighted by Crippen LogP contribution is -2.04. The summed E-state index contributed by atoms with van der Waals surface area (Å²) in [5, 5.41) is 9.58. The van der Waals surface area contributed by atoms with Crippen LogP contribution in [0.25, 0.3) is 0 Å². The first-order chi connectivity index (χ1) is 8.15.